The van der Waals surface area contributed by atoms with Crippen LogP contribution in [-0.4, -0.2) is 8.42 Å². The third-order valence-corrected chi connectivity index (χ3v) is 5.12. The molecule has 3 aromatic carbocycles. The van der Waals surface area contributed by atoms with E-state index in [1.165, 1.54) is 0 Å². The van der Waals surface area contributed by atoms with Gasteiger partial charge in [-0.3, -0.25) is 4.72 Å². The van der Waals surface area contributed by atoms with E-state index in [1.54, 1.807) is 54.6 Å². The van der Waals surface area contributed by atoms with Gasteiger partial charge in [-0.1, -0.05) is 12.1 Å². The van der Waals surface area contributed by atoms with Gasteiger partial charge < -0.3 is 5.32 Å². The summed E-state index contributed by atoms with van der Waals surface area (Å²) in [5, 5.41) is 12.0. The zero-order chi connectivity index (χ0) is 18.6. The number of hydrogen-bond acceptors (Lipinski definition) is 4. The van der Waals surface area contributed by atoms with Gasteiger partial charge in [0.2, 0.25) is 0 Å². The standard InChI is InChI=1S/C20H17N3O2S/c1-15-3-2-4-20(13-15)26(24,25)23-19-11-9-18(10-12-19)22-17-7-5-16(14-21)6-8-17/h2-13,22-23H,1H3. The Balaban J connectivity index is 1.72. The highest BCUT2D eigenvalue weighted by atomic mass is 32.2. The van der Waals surface area contributed by atoms with Crippen LogP contribution in [0.4, 0.5) is 17.1 Å². The smallest absolute Gasteiger partial charge is 0.261 e. The summed E-state index contributed by atoms with van der Waals surface area (Å²) in [6, 6.07) is 22.9. The number of hydrogen-bond donors (Lipinski definition) is 2. The highest BCUT2D eigenvalue weighted by Crippen LogP contribution is 2.21. The molecule has 0 bridgehead atoms. The van der Waals surface area contributed by atoms with E-state index in [2.05, 4.69) is 16.1 Å². The van der Waals surface area contributed by atoms with Gasteiger partial charge in [0, 0.05) is 17.1 Å². The summed E-state index contributed by atoms with van der Waals surface area (Å²) < 4.78 is 27.5. The summed E-state index contributed by atoms with van der Waals surface area (Å²) in [7, 11) is -3.62. The molecule has 5 nitrogen and oxygen atoms in total. The van der Waals surface area contributed by atoms with Crippen molar-refractivity contribution in [1.29, 1.82) is 5.26 Å². The van der Waals surface area contributed by atoms with Crippen molar-refractivity contribution in [3.05, 3.63) is 83.9 Å². The van der Waals surface area contributed by atoms with Gasteiger partial charge in [0.1, 0.15) is 0 Å². The second-order valence-electron chi connectivity index (χ2n) is 5.81. The molecule has 3 rings (SSSR count). The summed E-state index contributed by atoms with van der Waals surface area (Å²) >= 11 is 0. The molecule has 0 aromatic heterocycles. The number of rotatable bonds is 5. The Hall–Kier alpha value is -3.30. The topological polar surface area (TPSA) is 82.0 Å². The highest BCUT2D eigenvalue weighted by molar-refractivity contribution is 7.92. The normalized spacial score (nSPS) is 10.8. The third-order valence-electron chi connectivity index (χ3n) is 3.74. The van der Waals surface area contributed by atoms with E-state index in [-0.39, 0.29) is 4.90 Å². The molecule has 0 aliphatic heterocycles. The first-order chi connectivity index (χ1) is 12.5. The molecule has 130 valence electrons. The Morgan fingerprint density at radius 2 is 1.42 bits per heavy atom. The largest absolute Gasteiger partial charge is 0.356 e. The number of anilines is 3. The fraction of sp³-hybridized carbons (Fsp3) is 0.0500. The van der Waals surface area contributed by atoms with Crippen molar-refractivity contribution in [3.8, 4) is 6.07 Å². The van der Waals surface area contributed by atoms with Crippen molar-refractivity contribution in [3.63, 3.8) is 0 Å². The maximum Gasteiger partial charge on any atom is 0.261 e. The number of nitrogens with one attached hydrogen (secondary N) is 2. The van der Waals surface area contributed by atoms with Gasteiger partial charge in [-0.05, 0) is 73.2 Å². The fourth-order valence-electron chi connectivity index (χ4n) is 2.41. The molecule has 3 aromatic rings. The van der Waals surface area contributed by atoms with Gasteiger partial charge in [-0.15, -0.1) is 0 Å². The molecule has 0 spiro atoms. The minimum atomic E-state index is -3.62. The zero-order valence-electron chi connectivity index (χ0n) is 14.1. The summed E-state index contributed by atoms with van der Waals surface area (Å²) in [4.78, 5) is 0.234. The number of aryl methyl sites for hydroxylation is 1. The van der Waals surface area contributed by atoms with Gasteiger partial charge >= 0.3 is 0 Å². The maximum absolute atomic E-state index is 12.4. The van der Waals surface area contributed by atoms with Gasteiger partial charge in [-0.2, -0.15) is 5.26 Å². The Labute approximate surface area is 153 Å². The lowest BCUT2D eigenvalue weighted by Crippen LogP contribution is -2.13. The minimum Gasteiger partial charge on any atom is -0.356 e. The molecule has 0 heterocycles. The van der Waals surface area contributed by atoms with Crippen LogP contribution in [0.5, 0.6) is 0 Å². The Kier molecular flexibility index (Phi) is 4.92. The molecular weight excluding hydrogens is 346 g/mol. The zero-order valence-corrected chi connectivity index (χ0v) is 14.9. The van der Waals surface area contributed by atoms with Gasteiger partial charge in [0.05, 0.1) is 16.5 Å². The number of benzene rings is 3. The van der Waals surface area contributed by atoms with Crippen LogP contribution in [0, 0.1) is 18.3 Å². The summed E-state index contributed by atoms with van der Waals surface area (Å²) in [5.74, 6) is 0. The van der Waals surface area contributed by atoms with Crippen LogP contribution < -0.4 is 10.0 Å². The predicted octanol–water partition coefficient (Wildman–Crippen LogP) is 4.41. The van der Waals surface area contributed by atoms with Crippen molar-refractivity contribution in [2.24, 2.45) is 0 Å². The lowest BCUT2D eigenvalue weighted by atomic mass is 10.2. The lowest BCUT2D eigenvalue weighted by molar-refractivity contribution is 0.601. The highest BCUT2D eigenvalue weighted by Gasteiger charge is 2.14. The predicted molar refractivity (Wildman–Crippen MR) is 103 cm³/mol. The second-order valence-corrected chi connectivity index (χ2v) is 7.50. The van der Waals surface area contributed by atoms with E-state index in [4.69, 9.17) is 5.26 Å². The van der Waals surface area contributed by atoms with Crippen LogP contribution in [0.1, 0.15) is 11.1 Å². The third kappa shape index (κ3) is 4.21. The molecule has 6 heteroatoms. The average Bonchev–Trinajstić information content (AvgIpc) is 2.64. The Bertz CT molecular complexity index is 1050. The van der Waals surface area contributed by atoms with Crippen molar-refractivity contribution < 1.29 is 8.42 Å². The first kappa shape index (κ1) is 17.5. The molecule has 0 radical (unpaired) electrons. The summed E-state index contributed by atoms with van der Waals surface area (Å²) in [6.07, 6.45) is 0. The van der Waals surface area contributed by atoms with E-state index < -0.39 is 10.0 Å². The molecule has 2 N–H and O–H groups in total. The van der Waals surface area contributed by atoms with E-state index in [0.29, 0.717) is 11.3 Å². The van der Waals surface area contributed by atoms with Crippen molar-refractivity contribution in [2.75, 3.05) is 10.0 Å². The molecule has 0 saturated heterocycles. The quantitative estimate of drug-likeness (QED) is 0.703. The van der Waals surface area contributed by atoms with Gasteiger partial charge in [0.15, 0.2) is 0 Å². The molecule has 0 aliphatic carbocycles. The first-order valence-electron chi connectivity index (χ1n) is 7.93. The Morgan fingerprint density at radius 3 is 2.00 bits per heavy atom. The lowest BCUT2D eigenvalue weighted by Gasteiger charge is -2.10. The molecule has 0 aliphatic rings. The van der Waals surface area contributed by atoms with Crippen LogP contribution in [-0.2, 0) is 10.0 Å². The van der Waals surface area contributed by atoms with Crippen molar-refractivity contribution in [1.82, 2.24) is 0 Å². The number of sulfonamides is 1. The van der Waals surface area contributed by atoms with Crippen LogP contribution in [0.25, 0.3) is 0 Å². The summed E-state index contributed by atoms with van der Waals surface area (Å²) in [6.45, 7) is 1.85. The fourth-order valence-corrected chi connectivity index (χ4v) is 3.58. The van der Waals surface area contributed by atoms with Gasteiger partial charge in [0.25, 0.3) is 10.0 Å². The van der Waals surface area contributed by atoms with Crippen LogP contribution >= 0.6 is 0 Å². The molecule has 0 saturated carbocycles. The van der Waals surface area contributed by atoms with E-state index in [0.717, 1.165) is 16.9 Å². The molecule has 0 unspecified atom stereocenters. The molecule has 0 atom stereocenters. The number of nitriles is 1. The van der Waals surface area contributed by atoms with Gasteiger partial charge in [-0.25, -0.2) is 8.42 Å². The van der Waals surface area contributed by atoms with Crippen LogP contribution in [0.3, 0.4) is 0 Å². The van der Waals surface area contributed by atoms with Crippen molar-refractivity contribution in [2.45, 2.75) is 11.8 Å². The maximum atomic E-state index is 12.4. The number of nitrogens with zero attached hydrogens (tertiary/aromatic N) is 1. The SMILES string of the molecule is Cc1cccc(S(=O)(=O)Nc2ccc(Nc3ccc(C#N)cc3)cc2)c1. The van der Waals surface area contributed by atoms with E-state index >= 15 is 0 Å². The van der Waals surface area contributed by atoms with Crippen LogP contribution in [0.2, 0.25) is 0 Å². The molecule has 26 heavy (non-hydrogen) atoms. The molecular formula is C20H17N3O2S. The van der Waals surface area contributed by atoms with E-state index in [9.17, 15) is 8.42 Å². The summed E-state index contributed by atoms with van der Waals surface area (Å²) in [5.41, 5.74) is 3.62. The monoisotopic (exact) mass is 363 g/mol. The van der Waals surface area contributed by atoms with Crippen LogP contribution in [0.15, 0.2) is 77.7 Å². The van der Waals surface area contributed by atoms with E-state index in [1.807, 2.05) is 25.1 Å². The first-order valence-corrected chi connectivity index (χ1v) is 9.41. The second kappa shape index (κ2) is 7.30. The molecule has 0 fully saturated rings. The minimum absolute atomic E-state index is 0.234. The average molecular weight is 363 g/mol. The molecule has 0 amide bonds. The van der Waals surface area contributed by atoms with Crippen molar-refractivity contribution >= 4 is 27.1 Å². The Morgan fingerprint density at radius 1 is 0.846 bits per heavy atom.